The van der Waals surface area contributed by atoms with Crippen molar-refractivity contribution in [2.24, 2.45) is 0 Å². The fraction of sp³-hybridized carbons (Fsp3) is 0.323. The van der Waals surface area contributed by atoms with Gasteiger partial charge in [0, 0.05) is 5.56 Å². The number of benzene rings is 3. The van der Waals surface area contributed by atoms with Crippen LogP contribution in [-0.4, -0.2) is 19.2 Å². The van der Waals surface area contributed by atoms with Crippen LogP contribution in [0.4, 0.5) is 26.3 Å². The molecular weight excluding hydrogens is 550 g/mol. The van der Waals surface area contributed by atoms with Gasteiger partial charge in [0.05, 0.1) is 18.8 Å². The van der Waals surface area contributed by atoms with E-state index in [1.54, 1.807) is 13.0 Å². The Kier molecular flexibility index (Phi) is 9.62. The van der Waals surface area contributed by atoms with Crippen LogP contribution in [-0.2, 0) is 0 Å². The molecule has 0 saturated carbocycles. The van der Waals surface area contributed by atoms with Gasteiger partial charge in [0.15, 0.2) is 34.7 Å². The fourth-order valence-electron chi connectivity index (χ4n) is 4.63. The Labute approximate surface area is 233 Å². The van der Waals surface area contributed by atoms with Crippen molar-refractivity contribution >= 4 is 11.5 Å². The summed E-state index contributed by atoms with van der Waals surface area (Å²) in [6.45, 7) is 3.89. The van der Waals surface area contributed by atoms with E-state index in [4.69, 9.17) is 14.2 Å². The number of carbonyl (C=O) groups is 1. The second-order valence-electron chi connectivity index (χ2n) is 9.48. The number of unbranched alkanes of at least 4 members (excludes halogenated alkanes) is 1. The van der Waals surface area contributed by atoms with Crippen molar-refractivity contribution in [3.05, 3.63) is 94.1 Å². The smallest absolute Gasteiger partial charge is 0.346 e. The molecule has 4 rings (SSSR count). The van der Waals surface area contributed by atoms with E-state index in [0.29, 0.717) is 18.4 Å². The van der Waals surface area contributed by atoms with Gasteiger partial charge in [0.2, 0.25) is 17.5 Å². The molecule has 0 heterocycles. The fourth-order valence-corrected chi connectivity index (χ4v) is 4.63. The highest BCUT2D eigenvalue weighted by molar-refractivity contribution is 5.91. The molecule has 0 amide bonds. The number of hydrogen-bond donors (Lipinski definition) is 0. The maximum Gasteiger partial charge on any atom is 0.346 e. The average molecular weight is 579 g/mol. The molecular formula is C31H28F6O4. The van der Waals surface area contributed by atoms with Gasteiger partial charge in [-0.1, -0.05) is 25.5 Å². The van der Waals surface area contributed by atoms with E-state index in [9.17, 15) is 26.7 Å². The van der Waals surface area contributed by atoms with Gasteiger partial charge >= 0.3 is 5.97 Å². The summed E-state index contributed by atoms with van der Waals surface area (Å²) in [5.74, 6) is -11.0. The van der Waals surface area contributed by atoms with E-state index < -0.39 is 52.2 Å². The molecule has 10 heteroatoms. The van der Waals surface area contributed by atoms with Gasteiger partial charge < -0.3 is 14.2 Å². The molecule has 1 aliphatic carbocycles. The Morgan fingerprint density at radius 1 is 0.780 bits per heavy atom. The Bertz CT molecular complexity index is 1470. The number of allylic oxidation sites excluding steroid dienone is 2. The number of esters is 1. The predicted molar refractivity (Wildman–Crippen MR) is 140 cm³/mol. The van der Waals surface area contributed by atoms with E-state index in [0.717, 1.165) is 24.6 Å². The molecule has 4 nitrogen and oxygen atoms in total. The summed E-state index contributed by atoms with van der Waals surface area (Å²) < 4.78 is 103. The second-order valence-corrected chi connectivity index (χ2v) is 9.48. The Hall–Kier alpha value is -3.95. The number of hydrogen-bond acceptors (Lipinski definition) is 4. The van der Waals surface area contributed by atoms with Crippen molar-refractivity contribution in [2.75, 3.05) is 13.2 Å². The van der Waals surface area contributed by atoms with E-state index in [1.165, 1.54) is 18.2 Å². The van der Waals surface area contributed by atoms with Gasteiger partial charge in [-0.3, -0.25) is 0 Å². The second kappa shape index (κ2) is 13.1. The molecule has 0 aromatic heterocycles. The topological polar surface area (TPSA) is 44.8 Å². The summed E-state index contributed by atoms with van der Waals surface area (Å²) in [6, 6.07) is 7.02. The molecule has 0 radical (unpaired) electrons. The molecule has 0 spiro atoms. The molecule has 1 aliphatic rings. The number of rotatable bonds is 10. The molecule has 0 N–H and O–H groups in total. The summed E-state index contributed by atoms with van der Waals surface area (Å²) >= 11 is 0. The van der Waals surface area contributed by atoms with Gasteiger partial charge in [-0.05, 0) is 80.0 Å². The standard InChI is InChI=1S/C31H28F6O4/c1-3-5-16-40-23-14-12-21(27(34)29(23)36)31(38)41-24-15-11-20(26(33)30(24)37)18-8-6-17(7-9-18)19-10-13-22(39-4-2)28(35)25(19)32/h8,10-15,17H,3-7,9,16H2,1-2H3. The van der Waals surface area contributed by atoms with Crippen LogP contribution in [0.5, 0.6) is 17.2 Å². The zero-order valence-corrected chi connectivity index (χ0v) is 22.5. The molecule has 1 atom stereocenters. The lowest BCUT2D eigenvalue weighted by Crippen LogP contribution is -2.14. The van der Waals surface area contributed by atoms with E-state index in [-0.39, 0.29) is 54.6 Å². The number of carbonyl (C=O) groups excluding carboxylic acids is 1. The normalized spacial score (nSPS) is 14.9. The van der Waals surface area contributed by atoms with Crippen LogP contribution in [0.3, 0.4) is 0 Å². The largest absolute Gasteiger partial charge is 0.491 e. The summed E-state index contributed by atoms with van der Waals surface area (Å²) in [4.78, 5) is 12.5. The summed E-state index contributed by atoms with van der Waals surface area (Å²) in [7, 11) is 0. The average Bonchev–Trinajstić information content (AvgIpc) is 2.96. The van der Waals surface area contributed by atoms with E-state index >= 15 is 4.39 Å². The predicted octanol–water partition coefficient (Wildman–Crippen LogP) is 8.67. The minimum Gasteiger partial charge on any atom is -0.491 e. The van der Waals surface area contributed by atoms with Crippen LogP contribution in [0.25, 0.3) is 5.57 Å². The minimum atomic E-state index is -1.53. The highest BCUT2D eigenvalue weighted by Gasteiger charge is 2.27. The minimum absolute atomic E-state index is 0.0927. The molecule has 218 valence electrons. The molecule has 1 unspecified atom stereocenters. The highest BCUT2D eigenvalue weighted by atomic mass is 19.2. The van der Waals surface area contributed by atoms with Crippen LogP contribution < -0.4 is 14.2 Å². The first-order valence-electron chi connectivity index (χ1n) is 13.3. The van der Waals surface area contributed by atoms with Gasteiger partial charge in [-0.15, -0.1) is 0 Å². The summed E-state index contributed by atoms with van der Waals surface area (Å²) in [6.07, 6.45) is 3.85. The van der Waals surface area contributed by atoms with Crippen LogP contribution in [0.2, 0.25) is 0 Å². The first-order valence-corrected chi connectivity index (χ1v) is 13.3. The van der Waals surface area contributed by atoms with Gasteiger partial charge in [-0.2, -0.15) is 13.2 Å². The van der Waals surface area contributed by atoms with Crippen molar-refractivity contribution in [2.45, 2.75) is 51.9 Å². The SMILES string of the molecule is CCCCOc1ccc(C(=O)Oc2ccc(C3=CCC(c4ccc(OCC)c(F)c4F)CC3)c(F)c2F)c(F)c1F. The third kappa shape index (κ3) is 6.36. The van der Waals surface area contributed by atoms with E-state index in [1.807, 2.05) is 6.92 Å². The lowest BCUT2D eigenvalue weighted by Gasteiger charge is -2.24. The zero-order valence-electron chi connectivity index (χ0n) is 22.5. The van der Waals surface area contributed by atoms with Crippen LogP contribution in [0.15, 0.2) is 42.5 Å². The van der Waals surface area contributed by atoms with Crippen LogP contribution in [0.1, 0.15) is 73.4 Å². The van der Waals surface area contributed by atoms with Crippen LogP contribution in [0, 0.1) is 34.9 Å². The van der Waals surface area contributed by atoms with Crippen molar-refractivity contribution in [1.29, 1.82) is 0 Å². The molecule has 0 fully saturated rings. The van der Waals surface area contributed by atoms with E-state index in [2.05, 4.69) is 0 Å². The maximum absolute atomic E-state index is 15.0. The molecule has 0 bridgehead atoms. The van der Waals surface area contributed by atoms with Crippen molar-refractivity contribution in [1.82, 2.24) is 0 Å². The highest BCUT2D eigenvalue weighted by Crippen LogP contribution is 2.40. The Morgan fingerprint density at radius 3 is 2.12 bits per heavy atom. The molecule has 3 aromatic carbocycles. The first kappa shape index (κ1) is 30.0. The van der Waals surface area contributed by atoms with Crippen LogP contribution >= 0.6 is 0 Å². The zero-order chi connectivity index (χ0) is 29.7. The maximum atomic E-state index is 15.0. The third-order valence-electron chi connectivity index (χ3n) is 6.85. The number of halogens is 6. The molecule has 3 aromatic rings. The quantitative estimate of drug-likeness (QED) is 0.105. The Morgan fingerprint density at radius 2 is 1.44 bits per heavy atom. The van der Waals surface area contributed by atoms with Crippen molar-refractivity contribution < 1.29 is 45.3 Å². The lowest BCUT2D eigenvalue weighted by atomic mass is 9.82. The van der Waals surface area contributed by atoms with Crippen molar-refractivity contribution in [3.8, 4) is 17.2 Å². The molecule has 41 heavy (non-hydrogen) atoms. The first-order chi connectivity index (χ1) is 19.7. The van der Waals surface area contributed by atoms with Gasteiger partial charge in [0.25, 0.3) is 0 Å². The van der Waals surface area contributed by atoms with Crippen molar-refractivity contribution in [3.63, 3.8) is 0 Å². The molecule has 0 saturated heterocycles. The molecule has 0 aliphatic heterocycles. The summed E-state index contributed by atoms with van der Waals surface area (Å²) in [5.41, 5.74) is -0.299. The van der Waals surface area contributed by atoms with Gasteiger partial charge in [-0.25, -0.2) is 18.0 Å². The van der Waals surface area contributed by atoms with Gasteiger partial charge in [0.1, 0.15) is 0 Å². The Balaban J connectivity index is 1.48. The lowest BCUT2D eigenvalue weighted by molar-refractivity contribution is 0.0720. The number of ether oxygens (including phenoxy) is 3. The third-order valence-corrected chi connectivity index (χ3v) is 6.85. The summed E-state index contributed by atoms with van der Waals surface area (Å²) in [5, 5.41) is 0. The monoisotopic (exact) mass is 578 g/mol.